The van der Waals surface area contributed by atoms with E-state index in [4.69, 9.17) is 0 Å². The Morgan fingerprint density at radius 3 is 2.65 bits per heavy atom. The highest BCUT2D eigenvalue weighted by molar-refractivity contribution is 6.09. The number of para-hydroxylation sites is 1. The molecule has 2 unspecified atom stereocenters. The Balaban J connectivity index is 2.05. The maximum atomic E-state index is 12.8. The van der Waals surface area contributed by atoms with Crippen LogP contribution in [0.3, 0.4) is 0 Å². The number of anilines is 1. The van der Waals surface area contributed by atoms with Crippen molar-refractivity contribution < 1.29 is 9.59 Å². The number of carbonyl (C=O) groups is 2. The maximum Gasteiger partial charge on any atom is 0.250 e. The molecule has 4 heteroatoms. The molecule has 0 saturated carbocycles. The van der Waals surface area contributed by atoms with E-state index < -0.39 is 0 Å². The largest absolute Gasteiger partial charge is 0.329 e. The molecule has 0 bridgehead atoms. The summed E-state index contributed by atoms with van der Waals surface area (Å²) in [5.41, 5.74) is 1.92. The van der Waals surface area contributed by atoms with Crippen LogP contribution in [0, 0.1) is 6.92 Å². The Morgan fingerprint density at radius 1 is 1.20 bits per heavy atom. The zero-order valence-corrected chi connectivity index (χ0v) is 12.0. The molecule has 1 aromatic rings. The molecule has 20 heavy (non-hydrogen) atoms. The van der Waals surface area contributed by atoms with Gasteiger partial charge in [0.25, 0.3) is 5.91 Å². The van der Waals surface area contributed by atoms with E-state index in [1.165, 1.54) is 0 Å². The fourth-order valence-electron chi connectivity index (χ4n) is 3.38. The first-order valence-corrected chi connectivity index (χ1v) is 7.34. The quantitative estimate of drug-likeness (QED) is 0.827. The summed E-state index contributed by atoms with van der Waals surface area (Å²) < 4.78 is 0. The maximum absolute atomic E-state index is 12.8. The molecule has 2 amide bonds. The number of piperazine rings is 1. The van der Waals surface area contributed by atoms with Gasteiger partial charge in [-0.25, -0.2) is 0 Å². The summed E-state index contributed by atoms with van der Waals surface area (Å²) in [7, 11) is 0. The molecule has 0 aromatic heterocycles. The van der Waals surface area contributed by atoms with Crippen LogP contribution in [0.5, 0.6) is 0 Å². The standard InChI is InChI=1S/C16H20N2O2/c1-3-12-15(19)17-10-6-9-14(17)16(20)18(12)13-8-5-4-7-11(13)2/h4-5,7-8,12,14H,3,6,9-10H2,1-2H3. The molecule has 0 radical (unpaired) electrons. The Morgan fingerprint density at radius 2 is 1.95 bits per heavy atom. The molecule has 2 heterocycles. The lowest BCUT2D eigenvalue weighted by atomic mass is 10.0. The van der Waals surface area contributed by atoms with Gasteiger partial charge in [0.05, 0.1) is 0 Å². The van der Waals surface area contributed by atoms with Crippen LogP contribution in [0.25, 0.3) is 0 Å². The van der Waals surface area contributed by atoms with Crippen molar-refractivity contribution in [2.45, 2.75) is 45.2 Å². The first-order chi connectivity index (χ1) is 9.65. The van der Waals surface area contributed by atoms with Crippen molar-refractivity contribution in [1.82, 2.24) is 4.90 Å². The van der Waals surface area contributed by atoms with Crippen LogP contribution in [-0.2, 0) is 9.59 Å². The number of hydrogen-bond donors (Lipinski definition) is 0. The fraction of sp³-hybridized carbons (Fsp3) is 0.500. The number of carbonyl (C=O) groups excluding carboxylic acids is 2. The smallest absolute Gasteiger partial charge is 0.250 e. The number of aryl methyl sites for hydroxylation is 1. The van der Waals surface area contributed by atoms with Crippen LogP contribution in [0.1, 0.15) is 31.7 Å². The highest BCUT2D eigenvalue weighted by Crippen LogP contribution is 2.33. The monoisotopic (exact) mass is 272 g/mol. The summed E-state index contributed by atoms with van der Waals surface area (Å²) in [6.07, 6.45) is 2.38. The van der Waals surface area contributed by atoms with E-state index in [2.05, 4.69) is 0 Å². The normalized spacial score (nSPS) is 26.1. The van der Waals surface area contributed by atoms with E-state index in [0.717, 1.165) is 30.6 Å². The van der Waals surface area contributed by atoms with Crippen LogP contribution < -0.4 is 4.90 Å². The molecule has 3 rings (SSSR count). The van der Waals surface area contributed by atoms with Gasteiger partial charge in [0.2, 0.25) is 5.91 Å². The van der Waals surface area contributed by atoms with E-state index in [1.807, 2.05) is 38.1 Å². The van der Waals surface area contributed by atoms with Crippen molar-refractivity contribution in [1.29, 1.82) is 0 Å². The second-order valence-corrected chi connectivity index (χ2v) is 5.61. The van der Waals surface area contributed by atoms with E-state index in [-0.39, 0.29) is 23.9 Å². The third kappa shape index (κ3) is 1.82. The van der Waals surface area contributed by atoms with Crippen molar-refractivity contribution in [3.05, 3.63) is 29.8 Å². The second-order valence-electron chi connectivity index (χ2n) is 5.61. The van der Waals surface area contributed by atoms with Crippen molar-refractivity contribution >= 4 is 17.5 Å². The van der Waals surface area contributed by atoms with E-state index in [1.54, 1.807) is 9.80 Å². The SMILES string of the molecule is CCC1C(=O)N2CCCC2C(=O)N1c1ccccc1C. The summed E-state index contributed by atoms with van der Waals surface area (Å²) in [5, 5.41) is 0. The molecule has 0 spiro atoms. The van der Waals surface area contributed by atoms with Crippen LogP contribution in [-0.4, -0.2) is 35.3 Å². The topological polar surface area (TPSA) is 40.6 Å². The summed E-state index contributed by atoms with van der Waals surface area (Å²) in [6.45, 7) is 4.69. The van der Waals surface area contributed by atoms with Crippen LogP contribution in [0.2, 0.25) is 0 Å². The van der Waals surface area contributed by atoms with Crippen LogP contribution in [0.15, 0.2) is 24.3 Å². The molecule has 2 atom stereocenters. The predicted molar refractivity (Wildman–Crippen MR) is 77.5 cm³/mol. The number of benzene rings is 1. The van der Waals surface area contributed by atoms with Crippen molar-refractivity contribution in [2.24, 2.45) is 0 Å². The zero-order valence-electron chi connectivity index (χ0n) is 12.0. The van der Waals surface area contributed by atoms with Gasteiger partial charge in [0, 0.05) is 12.2 Å². The number of amides is 2. The number of rotatable bonds is 2. The highest BCUT2D eigenvalue weighted by Gasteiger charge is 2.47. The highest BCUT2D eigenvalue weighted by atomic mass is 16.2. The van der Waals surface area contributed by atoms with E-state index in [9.17, 15) is 9.59 Å². The lowest BCUT2D eigenvalue weighted by molar-refractivity contribution is -0.144. The summed E-state index contributed by atoms with van der Waals surface area (Å²) in [5.74, 6) is 0.195. The van der Waals surface area contributed by atoms with Gasteiger partial charge in [-0.3, -0.25) is 14.5 Å². The summed E-state index contributed by atoms with van der Waals surface area (Å²) in [4.78, 5) is 28.9. The van der Waals surface area contributed by atoms with Gasteiger partial charge in [0.1, 0.15) is 12.1 Å². The van der Waals surface area contributed by atoms with Gasteiger partial charge >= 0.3 is 0 Å². The molecule has 2 saturated heterocycles. The summed E-state index contributed by atoms with van der Waals surface area (Å²) >= 11 is 0. The second kappa shape index (κ2) is 4.93. The zero-order chi connectivity index (χ0) is 14.3. The molecule has 106 valence electrons. The lowest BCUT2D eigenvalue weighted by Gasteiger charge is -2.42. The Hall–Kier alpha value is -1.84. The van der Waals surface area contributed by atoms with Crippen LogP contribution in [0.4, 0.5) is 5.69 Å². The first-order valence-electron chi connectivity index (χ1n) is 7.34. The molecular weight excluding hydrogens is 252 g/mol. The van der Waals surface area contributed by atoms with Gasteiger partial charge in [-0.2, -0.15) is 0 Å². The van der Waals surface area contributed by atoms with Crippen molar-refractivity contribution in [2.75, 3.05) is 11.4 Å². The molecule has 4 nitrogen and oxygen atoms in total. The number of fused-ring (bicyclic) bond motifs is 1. The molecule has 2 aliphatic rings. The Bertz CT molecular complexity index is 555. The van der Waals surface area contributed by atoms with Gasteiger partial charge in [-0.05, 0) is 37.8 Å². The van der Waals surface area contributed by atoms with Gasteiger partial charge in [-0.15, -0.1) is 0 Å². The van der Waals surface area contributed by atoms with E-state index >= 15 is 0 Å². The minimum absolute atomic E-state index is 0.0863. The van der Waals surface area contributed by atoms with Gasteiger partial charge in [0.15, 0.2) is 0 Å². The predicted octanol–water partition coefficient (Wildman–Crippen LogP) is 2.11. The molecule has 1 aromatic carbocycles. The van der Waals surface area contributed by atoms with Crippen LogP contribution >= 0.6 is 0 Å². The number of nitrogens with zero attached hydrogens (tertiary/aromatic N) is 2. The van der Waals surface area contributed by atoms with Gasteiger partial charge in [-0.1, -0.05) is 25.1 Å². The molecular formula is C16H20N2O2. The first kappa shape index (κ1) is 13.2. The fourth-order valence-corrected chi connectivity index (χ4v) is 3.38. The van der Waals surface area contributed by atoms with Crippen molar-refractivity contribution in [3.8, 4) is 0 Å². The van der Waals surface area contributed by atoms with E-state index in [0.29, 0.717) is 6.42 Å². The molecule has 0 N–H and O–H groups in total. The Kier molecular flexibility index (Phi) is 3.24. The molecule has 2 fully saturated rings. The average Bonchev–Trinajstić information content (AvgIpc) is 2.93. The Labute approximate surface area is 119 Å². The van der Waals surface area contributed by atoms with Gasteiger partial charge < -0.3 is 4.90 Å². The minimum Gasteiger partial charge on any atom is -0.329 e. The lowest BCUT2D eigenvalue weighted by Crippen LogP contribution is -2.63. The molecule has 0 aliphatic carbocycles. The third-order valence-electron chi connectivity index (χ3n) is 4.42. The average molecular weight is 272 g/mol. The van der Waals surface area contributed by atoms with Crippen molar-refractivity contribution in [3.63, 3.8) is 0 Å². The summed E-state index contributed by atoms with van der Waals surface area (Å²) in [6, 6.07) is 7.21. The number of hydrogen-bond acceptors (Lipinski definition) is 2. The molecule has 2 aliphatic heterocycles. The minimum atomic E-state index is -0.349. The third-order valence-corrected chi connectivity index (χ3v) is 4.42.